The van der Waals surface area contributed by atoms with Crippen LogP contribution in [0.3, 0.4) is 0 Å². The maximum atomic E-state index is 11.1. The maximum Gasteiger partial charge on any atom is 0.275 e. The second kappa shape index (κ2) is 6.77. The average Bonchev–Trinajstić information content (AvgIpc) is 2.38. The van der Waals surface area contributed by atoms with Crippen molar-refractivity contribution in [3.05, 3.63) is 65.5 Å². The topological polar surface area (TPSA) is 55.2 Å². The van der Waals surface area contributed by atoms with Crippen LogP contribution in [0.1, 0.15) is 11.1 Å². The molecule has 1 N–H and O–H groups in total. The number of nitro benzene ring substituents is 1. The summed E-state index contributed by atoms with van der Waals surface area (Å²) in [5.41, 5.74) is 2.54. The van der Waals surface area contributed by atoms with Crippen LogP contribution in [0, 0.1) is 17.0 Å². The first-order chi connectivity index (χ1) is 9.88. The van der Waals surface area contributed by atoms with Gasteiger partial charge in [-0.05, 0) is 68.6 Å². The van der Waals surface area contributed by atoms with Crippen molar-refractivity contribution in [3.63, 3.8) is 0 Å². The Bertz CT molecular complexity index is 684. The molecule has 0 spiro atoms. The first kappa shape index (κ1) is 16.3. The highest BCUT2D eigenvalue weighted by molar-refractivity contribution is 9.11. The van der Waals surface area contributed by atoms with Gasteiger partial charge in [0.2, 0.25) is 0 Å². The van der Waals surface area contributed by atoms with E-state index in [9.17, 15) is 10.1 Å². The minimum atomic E-state index is -0.428. The van der Waals surface area contributed by atoms with Crippen LogP contribution in [0.5, 0.6) is 0 Å². The summed E-state index contributed by atoms with van der Waals surface area (Å²) in [4.78, 5) is 10.6. The van der Waals surface area contributed by atoms with Crippen molar-refractivity contribution in [2.24, 2.45) is 0 Å². The molecule has 4 nitrogen and oxygen atoms in total. The highest BCUT2D eigenvalue weighted by atomic mass is 79.9. The summed E-state index contributed by atoms with van der Waals surface area (Å²) in [5, 5.41) is 14.6. The molecule has 0 radical (unpaired) electrons. The summed E-state index contributed by atoms with van der Waals surface area (Å²) in [6.45, 7) is 2.32. The quantitative estimate of drug-likeness (QED) is 0.497. The molecule has 0 atom stereocenters. The van der Waals surface area contributed by atoms with Crippen molar-refractivity contribution in [1.82, 2.24) is 0 Å². The molecule has 0 saturated heterocycles. The summed E-state index contributed by atoms with van der Waals surface area (Å²) in [6.07, 6.45) is 0. The Balaban J connectivity index is 2.27. The van der Waals surface area contributed by atoms with Gasteiger partial charge in [-0.1, -0.05) is 11.6 Å². The molecule has 0 aliphatic carbocycles. The van der Waals surface area contributed by atoms with Crippen molar-refractivity contribution in [3.8, 4) is 0 Å². The summed E-state index contributed by atoms with van der Waals surface area (Å²) in [6, 6.07) is 8.61. The lowest BCUT2D eigenvalue weighted by atomic mass is 10.1. The number of halogens is 3. The molecule has 2 aromatic rings. The van der Waals surface area contributed by atoms with Crippen LogP contribution >= 0.6 is 43.5 Å². The van der Waals surface area contributed by atoms with E-state index in [1.54, 1.807) is 12.1 Å². The molecule has 2 aromatic carbocycles. The predicted octanol–water partition coefficient (Wildman–Crippen LogP) is 5.69. The van der Waals surface area contributed by atoms with Crippen LogP contribution in [-0.4, -0.2) is 4.92 Å². The summed E-state index contributed by atoms with van der Waals surface area (Å²) in [5.74, 6) is 0. The Morgan fingerprint density at radius 2 is 1.86 bits per heavy atom. The van der Waals surface area contributed by atoms with Crippen molar-refractivity contribution in [1.29, 1.82) is 0 Å². The normalized spacial score (nSPS) is 10.5. The van der Waals surface area contributed by atoms with Gasteiger partial charge in [-0.3, -0.25) is 10.1 Å². The van der Waals surface area contributed by atoms with E-state index in [0.717, 1.165) is 20.2 Å². The zero-order valence-corrected chi connectivity index (χ0v) is 14.9. The largest absolute Gasteiger partial charge is 0.379 e. The molecule has 0 unspecified atom stereocenters. The van der Waals surface area contributed by atoms with E-state index in [-0.39, 0.29) is 5.69 Å². The van der Waals surface area contributed by atoms with Crippen LogP contribution in [0.2, 0.25) is 5.02 Å². The lowest BCUT2D eigenvalue weighted by molar-refractivity contribution is -0.385. The van der Waals surface area contributed by atoms with Crippen LogP contribution in [0.25, 0.3) is 0 Å². The van der Waals surface area contributed by atoms with Crippen molar-refractivity contribution >= 4 is 54.8 Å². The molecule has 2 rings (SSSR count). The first-order valence-electron chi connectivity index (χ1n) is 6.01. The fourth-order valence-corrected chi connectivity index (χ4v) is 3.77. The third-order valence-electron chi connectivity index (χ3n) is 2.89. The SMILES string of the molecule is Cc1cc(Br)c(NCc2ccc(Cl)cc2[N+](=O)[O-])c(Br)c1. The van der Waals surface area contributed by atoms with Gasteiger partial charge in [0.05, 0.1) is 10.6 Å². The van der Waals surface area contributed by atoms with Gasteiger partial charge in [0.25, 0.3) is 5.69 Å². The fourth-order valence-electron chi connectivity index (χ4n) is 1.91. The van der Waals surface area contributed by atoms with Gasteiger partial charge in [0.15, 0.2) is 0 Å². The number of anilines is 1. The van der Waals surface area contributed by atoms with Gasteiger partial charge in [0, 0.05) is 32.1 Å². The third kappa shape index (κ3) is 3.96. The Hall–Kier alpha value is -1.11. The molecule has 0 amide bonds. The van der Waals surface area contributed by atoms with Crippen molar-refractivity contribution < 1.29 is 4.92 Å². The Kier molecular flexibility index (Phi) is 5.24. The number of aryl methyl sites for hydroxylation is 1. The highest BCUT2D eigenvalue weighted by Gasteiger charge is 2.15. The standard InChI is InChI=1S/C14H11Br2ClN2O2/c1-8-4-11(15)14(12(16)5-8)18-7-9-2-3-10(17)6-13(9)19(20)21/h2-6,18H,7H2,1H3. The number of rotatable bonds is 4. The summed E-state index contributed by atoms with van der Waals surface area (Å²) in [7, 11) is 0. The smallest absolute Gasteiger partial charge is 0.275 e. The zero-order chi connectivity index (χ0) is 15.6. The predicted molar refractivity (Wildman–Crippen MR) is 92.0 cm³/mol. The van der Waals surface area contributed by atoms with Gasteiger partial charge in [-0.15, -0.1) is 0 Å². The van der Waals surface area contributed by atoms with Gasteiger partial charge >= 0.3 is 0 Å². The van der Waals surface area contributed by atoms with E-state index >= 15 is 0 Å². The van der Waals surface area contributed by atoms with E-state index in [1.807, 2.05) is 19.1 Å². The number of hydrogen-bond acceptors (Lipinski definition) is 3. The molecule has 0 bridgehead atoms. The molecular formula is C14H11Br2ClN2O2. The van der Waals surface area contributed by atoms with Crippen LogP contribution in [0.15, 0.2) is 39.3 Å². The molecule has 7 heteroatoms. The van der Waals surface area contributed by atoms with E-state index in [0.29, 0.717) is 17.1 Å². The number of nitrogens with zero attached hydrogens (tertiary/aromatic N) is 1. The number of nitrogens with one attached hydrogen (secondary N) is 1. The Morgan fingerprint density at radius 3 is 2.43 bits per heavy atom. The first-order valence-corrected chi connectivity index (χ1v) is 7.97. The Morgan fingerprint density at radius 1 is 1.24 bits per heavy atom. The molecule has 0 aliphatic rings. The lowest BCUT2D eigenvalue weighted by Gasteiger charge is -2.12. The molecule has 0 aliphatic heterocycles. The molecular weight excluding hydrogens is 423 g/mol. The van der Waals surface area contributed by atoms with Crippen LogP contribution in [0.4, 0.5) is 11.4 Å². The number of benzene rings is 2. The van der Waals surface area contributed by atoms with Gasteiger partial charge in [-0.25, -0.2) is 0 Å². The molecule has 110 valence electrons. The van der Waals surface area contributed by atoms with Gasteiger partial charge in [0.1, 0.15) is 0 Å². The van der Waals surface area contributed by atoms with Crippen LogP contribution in [-0.2, 0) is 6.54 Å². The second-order valence-corrected chi connectivity index (χ2v) is 6.63. The number of hydrogen-bond donors (Lipinski definition) is 1. The van der Waals surface area contributed by atoms with Gasteiger partial charge in [-0.2, -0.15) is 0 Å². The van der Waals surface area contributed by atoms with Crippen molar-refractivity contribution in [2.75, 3.05) is 5.32 Å². The maximum absolute atomic E-state index is 11.1. The van der Waals surface area contributed by atoms with Crippen LogP contribution < -0.4 is 5.32 Å². The van der Waals surface area contributed by atoms with E-state index < -0.39 is 4.92 Å². The monoisotopic (exact) mass is 432 g/mol. The third-order valence-corrected chi connectivity index (χ3v) is 4.37. The second-order valence-electron chi connectivity index (χ2n) is 4.49. The molecule has 0 fully saturated rings. The summed E-state index contributed by atoms with van der Waals surface area (Å²) >= 11 is 12.8. The molecule has 0 heterocycles. The Labute approximate surface area is 143 Å². The molecule has 0 aromatic heterocycles. The van der Waals surface area contributed by atoms with E-state index in [4.69, 9.17) is 11.6 Å². The number of nitro groups is 1. The van der Waals surface area contributed by atoms with Crippen molar-refractivity contribution in [2.45, 2.75) is 13.5 Å². The van der Waals surface area contributed by atoms with E-state index in [2.05, 4.69) is 37.2 Å². The lowest BCUT2D eigenvalue weighted by Crippen LogP contribution is -2.04. The van der Waals surface area contributed by atoms with Gasteiger partial charge < -0.3 is 5.32 Å². The highest BCUT2D eigenvalue weighted by Crippen LogP contribution is 2.33. The minimum Gasteiger partial charge on any atom is -0.379 e. The minimum absolute atomic E-state index is 0.00866. The summed E-state index contributed by atoms with van der Waals surface area (Å²) < 4.78 is 1.79. The average molecular weight is 435 g/mol. The molecule has 0 saturated carbocycles. The fraction of sp³-hybridized carbons (Fsp3) is 0.143. The van der Waals surface area contributed by atoms with E-state index in [1.165, 1.54) is 6.07 Å². The molecule has 21 heavy (non-hydrogen) atoms. The zero-order valence-electron chi connectivity index (χ0n) is 11.0.